The number of rotatable bonds is 13. The monoisotopic (exact) mass is 839 g/mol. The molecule has 9 heteroatoms. The maximum absolute atomic E-state index is 12.9. The topological polar surface area (TPSA) is 101 Å². The molecule has 1 aromatic carbocycles. The molecule has 2 atom stereocenters. The third kappa shape index (κ3) is 24.1. The number of benzene rings is 1. The number of nitrogens with zero attached hydrogens (tertiary/aromatic N) is 2. The van der Waals surface area contributed by atoms with Crippen molar-refractivity contribution in [2.45, 2.75) is 87.7 Å². The van der Waals surface area contributed by atoms with Crippen LogP contribution in [-0.2, 0) is 30.3 Å². The Bertz CT molecular complexity index is 867. The van der Waals surface area contributed by atoms with Crippen LogP contribution in [0.15, 0.2) is 36.1 Å². The van der Waals surface area contributed by atoms with Crippen molar-refractivity contribution in [1.82, 2.24) is 10.2 Å². The normalized spacial score (nSPS) is 13.3. The second-order valence-corrected chi connectivity index (χ2v) is 8.52. The summed E-state index contributed by atoms with van der Waals surface area (Å²) in [7, 11) is 1.62. The molecule has 0 radical (unpaired) electrons. The molecular formula is C35H59N3O5U. The minimum Gasteiger partial charge on any atom is -0.550 e. The maximum Gasteiger partial charge on any atom is 2.00 e. The molecule has 1 aliphatic heterocycles. The summed E-state index contributed by atoms with van der Waals surface area (Å²) in [6.07, 6.45) is 12.7. The zero-order chi connectivity index (χ0) is 34.1. The molecule has 2 unspecified atom stereocenters. The van der Waals surface area contributed by atoms with Gasteiger partial charge in [0.2, 0.25) is 12.3 Å². The molecule has 1 saturated heterocycles. The van der Waals surface area contributed by atoms with Gasteiger partial charge in [0, 0.05) is 25.7 Å². The molecule has 1 aromatic rings. The standard InChI is InChI=1S/C18H32NO4.C9H8N2O.2C2H6.C2H5.C2H2.U/c1-6-22-12-13-23-11-9-16(21-5)17(14(2)3)18(20)19-10-7-8-15(19)4;10-5-8-1-3-9(4-2-8)6-11-7-12;4*1-2;/h9,12,14-15,17H,6-8,10-11,13H2,1-5H3;1-4,7H,6H2,(H,11,12);2*1-2H3;1H2,2H3;1-2H;/q-1;;;;-1;;+2/b16-9-;;;;;;. The molecule has 0 spiro atoms. The molecule has 2 amide bonds. The van der Waals surface area contributed by atoms with Crippen LogP contribution >= 0.6 is 0 Å². The van der Waals surface area contributed by atoms with Crippen molar-refractivity contribution in [3.63, 3.8) is 0 Å². The van der Waals surface area contributed by atoms with Gasteiger partial charge < -0.3 is 31.4 Å². The summed E-state index contributed by atoms with van der Waals surface area (Å²) in [4.78, 5) is 24.8. The van der Waals surface area contributed by atoms with Gasteiger partial charge in [-0.25, -0.2) is 0 Å². The smallest absolute Gasteiger partial charge is 0.550 e. The molecule has 0 saturated carbocycles. The van der Waals surface area contributed by atoms with Gasteiger partial charge >= 0.3 is 31.1 Å². The number of hydrogen-bond acceptors (Lipinski definition) is 6. The van der Waals surface area contributed by atoms with Crippen molar-refractivity contribution in [2.75, 3.05) is 33.5 Å². The Hall–Kier alpha value is -2.28. The second-order valence-electron chi connectivity index (χ2n) is 8.52. The van der Waals surface area contributed by atoms with Gasteiger partial charge in [0.1, 0.15) is 5.76 Å². The van der Waals surface area contributed by atoms with Crippen molar-refractivity contribution in [1.29, 1.82) is 5.26 Å². The van der Waals surface area contributed by atoms with Gasteiger partial charge in [-0.3, -0.25) is 9.59 Å². The molecule has 2 rings (SSSR count). The fourth-order valence-corrected chi connectivity index (χ4v) is 3.79. The van der Waals surface area contributed by atoms with Gasteiger partial charge in [-0.2, -0.15) is 18.8 Å². The Morgan fingerprint density at radius 1 is 1.20 bits per heavy atom. The number of likely N-dealkylation sites (tertiary alicyclic amines) is 1. The van der Waals surface area contributed by atoms with E-state index in [1.165, 1.54) is 0 Å². The quantitative estimate of drug-likeness (QED) is 0.0759. The van der Waals surface area contributed by atoms with Gasteiger partial charge in [0.05, 0.1) is 31.3 Å². The predicted octanol–water partition coefficient (Wildman–Crippen LogP) is 6.96. The molecule has 1 heterocycles. The Kier molecular flexibility index (Phi) is 45.2. The van der Waals surface area contributed by atoms with Crippen LogP contribution in [0.2, 0.25) is 0 Å². The molecule has 1 aliphatic rings. The zero-order valence-corrected chi connectivity index (χ0v) is 33.2. The van der Waals surface area contributed by atoms with E-state index in [0.29, 0.717) is 50.1 Å². The van der Waals surface area contributed by atoms with Crippen LogP contribution in [0.3, 0.4) is 0 Å². The van der Waals surface area contributed by atoms with Crippen molar-refractivity contribution < 1.29 is 54.9 Å². The summed E-state index contributed by atoms with van der Waals surface area (Å²) in [6, 6.07) is 9.42. The van der Waals surface area contributed by atoms with Crippen molar-refractivity contribution >= 4 is 12.3 Å². The summed E-state index contributed by atoms with van der Waals surface area (Å²) in [5, 5.41) is 11.0. The number of ether oxygens (including phenoxy) is 3. The molecule has 0 aliphatic carbocycles. The first-order valence-corrected chi connectivity index (χ1v) is 15.1. The van der Waals surface area contributed by atoms with Gasteiger partial charge in [-0.05, 0) is 56.4 Å². The Morgan fingerprint density at radius 3 is 2.18 bits per heavy atom. The van der Waals surface area contributed by atoms with Gasteiger partial charge in [-0.15, -0.1) is 12.8 Å². The molecule has 1 fully saturated rings. The average Bonchev–Trinajstić information content (AvgIpc) is 3.50. The first kappa shape index (κ1) is 51.3. The number of nitrogens with one attached hydrogen (secondary N) is 1. The molecular weight excluding hydrogens is 780 g/mol. The summed E-state index contributed by atoms with van der Waals surface area (Å²) in [5.74, 6) is 0.788. The van der Waals surface area contributed by atoms with E-state index in [9.17, 15) is 9.59 Å². The number of terminal acetylenes is 1. The average molecular weight is 840 g/mol. The van der Waals surface area contributed by atoms with E-state index in [1.54, 1.807) is 32.8 Å². The number of carbonyl (C=O) groups excluding carboxylic acids is 2. The molecule has 8 nitrogen and oxygen atoms in total. The molecule has 1 N–H and O–H groups in total. The van der Waals surface area contributed by atoms with Crippen LogP contribution in [-0.4, -0.2) is 56.7 Å². The third-order valence-electron chi connectivity index (χ3n) is 5.66. The predicted molar refractivity (Wildman–Crippen MR) is 178 cm³/mol. The van der Waals surface area contributed by atoms with E-state index < -0.39 is 0 Å². The van der Waals surface area contributed by atoms with Crippen LogP contribution in [0.25, 0.3) is 0 Å². The van der Waals surface area contributed by atoms with E-state index in [-0.39, 0.29) is 48.9 Å². The van der Waals surface area contributed by atoms with Crippen LogP contribution in [0.4, 0.5) is 0 Å². The first-order valence-electron chi connectivity index (χ1n) is 15.1. The fourth-order valence-electron chi connectivity index (χ4n) is 3.79. The number of hydrogen-bond donors (Lipinski definition) is 1. The maximum atomic E-state index is 12.9. The second kappa shape index (κ2) is 38.7. The fraction of sp³-hybridized carbons (Fsp3) is 0.571. The largest absolute Gasteiger partial charge is 2.00 e. The SMILES string of the molecule is C#C.CC.CC.CCO[CH-]COC/C=C(\OC)C(C(=O)N1CCCC1C)C(C)C.N#Cc1ccc(CNC=O)cc1.[CH2-]C.[U+2]. The van der Waals surface area contributed by atoms with Crippen molar-refractivity contribution in [2.24, 2.45) is 11.8 Å². The summed E-state index contributed by atoms with van der Waals surface area (Å²) in [5.41, 5.74) is 1.62. The van der Waals surface area contributed by atoms with E-state index in [4.69, 9.17) is 19.5 Å². The minimum absolute atomic E-state index is 0. The zero-order valence-electron chi connectivity index (χ0n) is 29.0. The molecule has 0 bridgehead atoms. The Labute approximate surface area is 294 Å². The van der Waals surface area contributed by atoms with E-state index in [2.05, 4.69) is 45.9 Å². The first-order chi connectivity index (χ1) is 20.9. The Morgan fingerprint density at radius 2 is 1.77 bits per heavy atom. The number of carbonyl (C=O) groups is 2. The number of nitriles is 1. The third-order valence-corrected chi connectivity index (χ3v) is 5.66. The van der Waals surface area contributed by atoms with Crippen LogP contribution < -0.4 is 5.32 Å². The van der Waals surface area contributed by atoms with Gasteiger partial charge in [-0.1, -0.05) is 60.3 Å². The Balaban J connectivity index is -0.000000204. The van der Waals surface area contributed by atoms with E-state index in [0.717, 1.165) is 24.9 Å². The number of amides is 2. The van der Waals surface area contributed by atoms with E-state index >= 15 is 0 Å². The van der Waals surface area contributed by atoms with Crippen LogP contribution in [0, 0.1) is 80.7 Å². The van der Waals surface area contributed by atoms with Gasteiger partial charge in [0.15, 0.2) is 0 Å². The molecule has 248 valence electrons. The summed E-state index contributed by atoms with van der Waals surface area (Å²) >= 11 is 0. The van der Waals surface area contributed by atoms with Gasteiger partial charge in [0.25, 0.3) is 0 Å². The summed E-state index contributed by atoms with van der Waals surface area (Å²) < 4.78 is 16.1. The van der Waals surface area contributed by atoms with E-state index in [1.807, 2.05) is 63.8 Å². The molecule has 0 aromatic heterocycles. The van der Waals surface area contributed by atoms with Crippen LogP contribution in [0.5, 0.6) is 0 Å². The minimum atomic E-state index is -0.250. The van der Waals surface area contributed by atoms with Crippen molar-refractivity contribution in [3.8, 4) is 18.9 Å². The number of methoxy groups -OCH3 is 1. The molecule has 44 heavy (non-hydrogen) atoms. The van der Waals surface area contributed by atoms with Crippen molar-refractivity contribution in [3.05, 3.63) is 60.8 Å². The van der Waals surface area contributed by atoms with Crippen LogP contribution in [0.1, 0.15) is 86.3 Å². The summed E-state index contributed by atoms with van der Waals surface area (Å²) in [6.45, 7) is 25.6.